The molecule has 0 aromatic carbocycles. The highest BCUT2D eigenvalue weighted by molar-refractivity contribution is 7.09. The van der Waals surface area contributed by atoms with Gasteiger partial charge in [0.15, 0.2) is 0 Å². The van der Waals surface area contributed by atoms with E-state index in [4.69, 9.17) is 16.3 Å². The second-order valence-electron chi connectivity index (χ2n) is 4.00. The van der Waals surface area contributed by atoms with Crippen molar-refractivity contribution in [2.24, 2.45) is 0 Å². The summed E-state index contributed by atoms with van der Waals surface area (Å²) >= 11 is 7.15. The van der Waals surface area contributed by atoms with Gasteiger partial charge < -0.3 is 10.1 Å². The lowest BCUT2D eigenvalue weighted by molar-refractivity contribution is -0.121. The van der Waals surface area contributed by atoms with Crippen LogP contribution in [-0.4, -0.2) is 30.1 Å². The first-order chi connectivity index (χ1) is 8.28. The molecule has 1 aliphatic heterocycles. The van der Waals surface area contributed by atoms with Gasteiger partial charge in [0.25, 0.3) is 0 Å². The first-order valence-corrected chi connectivity index (χ1v) is 7.05. The predicted molar refractivity (Wildman–Crippen MR) is 67.4 cm³/mol. The molecule has 94 valence electrons. The van der Waals surface area contributed by atoms with Crippen molar-refractivity contribution in [3.05, 3.63) is 16.1 Å². The third kappa shape index (κ3) is 3.94. The average molecular weight is 275 g/mol. The van der Waals surface area contributed by atoms with Crippen molar-refractivity contribution in [3.63, 3.8) is 0 Å². The lowest BCUT2D eigenvalue weighted by Crippen LogP contribution is -2.39. The Bertz CT molecular complexity index is 377. The minimum Gasteiger partial charge on any atom is -0.381 e. The molecule has 0 radical (unpaired) electrons. The molecule has 1 aromatic heterocycles. The molecule has 2 heterocycles. The van der Waals surface area contributed by atoms with Crippen molar-refractivity contribution in [2.75, 3.05) is 13.2 Å². The molecule has 1 amide bonds. The van der Waals surface area contributed by atoms with Crippen molar-refractivity contribution < 1.29 is 9.53 Å². The Kier molecular flexibility index (Phi) is 4.76. The molecule has 4 nitrogen and oxygen atoms in total. The van der Waals surface area contributed by atoms with Gasteiger partial charge in [0.2, 0.25) is 5.91 Å². The summed E-state index contributed by atoms with van der Waals surface area (Å²) < 4.78 is 5.24. The Balaban J connectivity index is 1.79. The zero-order valence-corrected chi connectivity index (χ0v) is 11.0. The van der Waals surface area contributed by atoms with Crippen LogP contribution in [0, 0.1) is 0 Å². The van der Waals surface area contributed by atoms with Gasteiger partial charge in [-0.1, -0.05) is 0 Å². The van der Waals surface area contributed by atoms with E-state index in [2.05, 4.69) is 10.3 Å². The van der Waals surface area contributed by atoms with Gasteiger partial charge in [-0.2, -0.15) is 0 Å². The lowest BCUT2D eigenvalue weighted by atomic mass is 10.1. The van der Waals surface area contributed by atoms with Crippen molar-refractivity contribution in [3.8, 4) is 0 Å². The molecule has 0 atom stereocenters. The third-order valence-electron chi connectivity index (χ3n) is 2.63. The van der Waals surface area contributed by atoms with Gasteiger partial charge in [-0.05, 0) is 12.8 Å². The molecule has 2 rings (SSSR count). The number of carbonyl (C=O) groups excluding carboxylic acids is 1. The number of amides is 1. The van der Waals surface area contributed by atoms with Crippen LogP contribution in [0.4, 0.5) is 0 Å². The van der Waals surface area contributed by atoms with E-state index in [1.807, 2.05) is 5.38 Å². The summed E-state index contributed by atoms with van der Waals surface area (Å²) in [5.41, 5.74) is 0.838. The molecule has 0 saturated carbocycles. The number of aromatic nitrogens is 1. The van der Waals surface area contributed by atoms with E-state index in [1.54, 1.807) is 0 Å². The minimum atomic E-state index is 0.0346. The van der Waals surface area contributed by atoms with E-state index >= 15 is 0 Å². The average Bonchev–Trinajstić information content (AvgIpc) is 2.78. The number of alkyl halides is 1. The lowest BCUT2D eigenvalue weighted by Gasteiger charge is -2.22. The first-order valence-electron chi connectivity index (χ1n) is 5.64. The standard InChI is InChI=1S/C11H15ClN2O2S/c12-6-9-7-17-11(14-9)5-10(15)13-8-1-3-16-4-2-8/h7-8H,1-6H2,(H,13,15). The molecular weight excluding hydrogens is 260 g/mol. The highest BCUT2D eigenvalue weighted by Gasteiger charge is 2.16. The van der Waals surface area contributed by atoms with Gasteiger partial charge >= 0.3 is 0 Å². The van der Waals surface area contributed by atoms with Gasteiger partial charge in [0.05, 0.1) is 18.0 Å². The Morgan fingerprint density at radius 3 is 3.00 bits per heavy atom. The predicted octanol–water partition coefficient (Wildman–Crippen LogP) is 1.72. The summed E-state index contributed by atoms with van der Waals surface area (Å²) in [4.78, 5) is 16.0. The molecule has 1 fully saturated rings. The zero-order chi connectivity index (χ0) is 12.1. The molecule has 1 aromatic rings. The maximum absolute atomic E-state index is 11.8. The quantitative estimate of drug-likeness (QED) is 0.851. The van der Waals surface area contributed by atoms with Crippen LogP contribution in [0.5, 0.6) is 0 Å². The summed E-state index contributed by atoms with van der Waals surface area (Å²) in [6.07, 6.45) is 2.14. The Morgan fingerprint density at radius 1 is 1.59 bits per heavy atom. The largest absolute Gasteiger partial charge is 0.381 e. The number of rotatable bonds is 4. The van der Waals surface area contributed by atoms with Crippen molar-refractivity contribution in [2.45, 2.75) is 31.2 Å². The van der Waals surface area contributed by atoms with E-state index in [0.29, 0.717) is 12.3 Å². The van der Waals surface area contributed by atoms with Gasteiger partial charge in [0.1, 0.15) is 5.01 Å². The molecule has 0 bridgehead atoms. The third-order valence-corrected chi connectivity index (χ3v) is 3.81. The Hall–Kier alpha value is -0.650. The van der Waals surface area contributed by atoms with E-state index in [0.717, 1.165) is 36.8 Å². The highest BCUT2D eigenvalue weighted by Crippen LogP contribution is 2.13. The van der Waals surface area contributed by atoms with Crippen LogP contribution in [0.1, 0.15) is 23.5 Å². The maximum atomic E-state index is 11.8. The monoisotopic (exact) mass is 274 g/mol. The van der Waals surface area contributed by atoms with Crippen LogP contribution < -0.4 is 5.32 Å². The van der Waals surface area contributed by atoms with Crippen LogP contribution >= 0.6 is 22.9 Å². The fourth-order valence-electron chi connectivity index (χ4n) is 1.75. The van der Waals surface area contributed by atoms with Gasteiger partial charge in [-0.3, -0.25) is 4.79 Å². The van der Waals surface area contributed by atoms with Gasteiger partial charge in [0, 0.05) is 24.6 Å². The van der Waals surface area contributed by atoms with Crippen LogP contribution in [0.3, 0.4) is 0 Å². The van der Waals surface area contributed by atoms with E-state index in [9.17, 15) is 4.79 Å². The van der Waals surface area contributed by atoms with Gasteiger partial charge in [-0.15, -0.1) is 22.9 Å². The second-order valence-corrected chi connectivity index (χ2v) is 5.21. The van der Waals surface area contributed by atoms with E-state index < -0.39 is 0 Å². The number of halogens is 1. The molecule has 1 aliphatic rings. The first kappa shape index (κ1) is 12.8. The van der Waals surface area contributed by atoms with Crippen molar-refractivity contribution in [1.82, 2.24) is 10.3 Å². The fraction of sp³-hybridized carbons (Fsp3) is 0.636. The summed E-state index contributed by atoms with van der Waals surface area (Å²) in [6, 6.07) is 0.253. The maximum Gasteiger partial charge on any atom is 0.227 e. The van der Waals surface area contributed by atoms with Crippen LogP contribution in [0.25, 0.3) is 0 Å². The fourth-order valence-corrected chi connectivity index (χ4v) is 2.77. The number of nitrogens with zero attached hydrogens (tertiary/aromatic N) is 1. The van der Waals surface area contributed by atoms with E-state index in [1.165, 1.54) is 11.3 Å². The molecular formula is C11H15ClN2O2S. The van der Waals surface area contributed by atoms with E-state index in [-0.39, 0.29) is 11.9 Å². The zero-order valence-electron chi connectivity index (χ0n) is 9.45. The van der Waals surface area contributed by atoms with Crippen LogP contribution in [0.15, 0.2) is 5.38 Å². The smallest absolute Gasteiger partial charge is 0.227 e. The minimum absolute atomic E-state index is 0.0346. The number of thiazole rings is 1. The van der Waals surface area contributed by atoms with Crippen molar-refractivity contribution >= 4 is 28.8 Å². The number of nitrogens with one attached hydrogen (secondary N) is 1. The molecule has 0 unspecified atom stereocenters. The number of hydrogen-bond donors (Lipinski definition) is 1. The van der Waals surface area contributed by atoms with Crippen LogP contribution in [0.2, 0.25) is 0 Å². The molecule has 1 saturated heterocycles. The molecule has 6 heteroatoms. The van der Waals surface area contributed by atoms with Crippen molar-refractivity contribution in [1.29, 1.82) is 0 Å². The SMILES string of the molecule is O=C(Cc1nc(CCl)cs1)NC1CCOCC1. The number of hydrogen-bond acceptors (Lipinski definition) is 4. The molecule has 17 heavy (non-hydrogen) atoms. The second kappa shape index (κ2) is 6.33. The Labute approximate surface area is 109 Å². The topological polar surface area (TPSA) is 51.2 Å². The molecule has 0 spiro atoms. The normalized spacial score (nSPS) is 17.0. The van der Waals surface area contributed by atoms with Gasteiger partial charge in [-0.25, -0.2) is 4.98 Å². The highest BCUT2D eigenvalue weighted by atomic mass is 35.5. The Morgan fingerprint density at radius 2 is 2.35 bits per heavy atom. The molecule has 1 N–H and O–H groups in total. The summed E-state index contributed by atoms with van der Waals surface area (Å²) in [5, 5.41) is 5.73. The summed E-state index contributed by atoms with van der Waals surface area (Å²) in [6.45, 7) is 1.47. The summed E-state index contributed by atoms with van der Waals surface area (Å²) in [5.74, 6) is 0.435. The number of ether oxygens (including phenoxy) is 1. The number of carbonyl (C=O) groups is 1. The molecule has 0 aliphatic carbocycles. The van der Waals surface area contributed by atoms with Crippen LogP contribution in [-0.2, 0) is 21.8 Å². The summed E-state index contributed by atoms with van der Waals surface area (Å²) in [7, 11) is 0.